The number of amides is 3. The fraction of sp³-hybridized carbons (Fsp3) is 0.150. The molecule has 0 radical (unpaired) electrons. The van der Waals surface area contributed by atoms with Crippen molar-refractivity contribution in [2.24, 2.45) is 0 Å². The number of halogens is 1. The second kappa shape index (κ2) is 9.31. The van der Waals surface area contributed by atoms with E-state index >= 15 is 0 Å². The van der Waals surface area contributed by atoms with Gasteiger partial charge in [-0.3, -0.25) is 19.3 Å². The first-order chi connectivity index (χ1) is 13.9. The van der Waals surface area contributed by atoms with Gasteiger partial charge in [0.25, 0.3) is 11.1 Å². The Labute approximate surface area is 185 Å². The van der Waals surface area contributed by atoms with Gasteiger partial charge in [-0.15, -0.1) is 0 Å². The normalized spacial score (nSPS) is 15.0. The van der Waals surface area contributed by atoms with Crippen LogP contribution in [0.1, 0.15) is 5.56 Å². The first-order valence-electron chi connectivity index (χ1n) is 8.44. The average Bonchev–Trinajstić information content (AvgIpc) is 2.95. The molecule has 1 fully saturated rings. The lowest BCUT2D eigenvalue weighted by Gasteiger charge is -2.12. The molecule has 0 aliphatic carbocycles. The van der Waals surface area contributed by atoms with Crippen LogP contribution in [-0.4, -0.2) is 42.7 Å². The Morgan fingerprint density at radius 2 is 1.90 bits per heavy atom. The lowest BCUT2D eigenvalue weighted by molar-refractivity contribution is -0.127. The number of nitrogens with zero attached hydrogens (tertiary/aromatic N) is 1. The molecule has 3 amide bonds. The lowest BCUT2D eigenvalue weighted by atomic mass is 10.2. The van der Waals surface area contributed by atoms with E-state index in [-0.39, 0.29) is 11.4 Å². The standard InChI is InChI=1S/C20H17IN2O5S/c1-27-15-9-12(8-14(21)18(15)28-2)10-16-19(25)23(20(26)29-16)11-17(24)22-13-6-4-3-5-7-13/h3-10H,11H2,1-2H3,(H,22,24)/b16-10+. The molecule has 29 heavy (non-hydrogen) atoms. The first-order valence-corrected chi connectivity index (χ1v) is 10.3. The van der Waals surface area contributed by atoms with E-state index < -0.39 is 17.1 Å². The number of nitrogens with one attached hydrogen (secondary N) is 1. The van der Waals surface area contributed by atoms with Gasteiger partial charge in [0.1, 0.15) is 6.54 Å². The number of imide groups is 1. The van der Waals surface area contributed by atoms with Crippen molar-refractivity contribution in [3.05, 3.63) is 56.5 Å². The van der Waals surface area contributed by atoms with Gasteiger partial charge in [0, 0.05) is 5.69 Å². The van der Waals surface area contributed by atoms with E-state index in [0.29, 0.717) is 22.7 Å². The van der Waals surface area contributed by atoms with E-state index in [1.54, 1.807) is 43.5 Å². The number of rotatable bonds is 6. The largest absolute Gasteiger partial charge is 0.493 e. The summed E-state index contributed by atoms with van der Waals surface area (Å²) in [4.78, 5) is 38.3. The molecule has 1 aliphatic heterocycles. The summed E-state index contributed by atoms with van der Waals surface area (Å²) in [6.07, 6.45) is 1.60. The van der Waals surface area contributed by atoms with Crippen LogP contribution >= 0.6 is 34.4 Å². The second-order valence-corrected chi connectivity index (χ2v) is 8.08. The summed E-state index contributed by atoms with van der Waals surface area (Å²) in [5, 5.41) is 2.18. The fourth-order valence-electron chi connectivity index (χ4n) is 2.67. The molecule has 1 aliphatic rings. The monoisotopic (exact) mass is 524 g/mol. The van der Waals surface area contributed by atoms with Crippen LogP contribution in [0.25, 0.3) is 6.08 Å². The molecule has 1 heterocycles. The van der Waals surface area contributed by atoms with Crippen molar-refractivity contribution >= 4 is 63.2 Å². The molecule has 7 nitrogen and oxygen atoms in total. The van der Waals surface area contributed by atoms with Crippen molar-refractivity contribution < 1.29 is 23.9 Å². The average molecular weight is 524 g/mol. The van der Waals surface area contributed by atoms with E-state index in [4.69, 9.17) is 9.47 Å². The second-order valence-electron chi connectivity index (χ2n) is 5.92. The van der Waals surface area contributed by atoms with E-state index in [0.717, 1.165) is 20.2 Å². The molecule has 0 aromatic heterocycles. The van der Waals surface area contributed by atoms with E-state index in [9.17, 15) is 14.4 Å². The molecule has 1 saturated heterocycles. The number of carbonyl (C=O) groups is 3. The SMILES string of the molecule is COc1cc(/C=C2/SC(=O)N(CC(=O)Nc3ccccc3)C2=O)cc(I)c1OC. The van der Waals surface area contributed by atoms with E-state index in [2.05, 4.69) is 27.9 Å². The van der Waals surface area contributed by atoms with Crippen molar-refractivity contribution in [1.29, 1.82) is 0 Å². The van der Waals surface area contributed by atoms with Crippen molar-refractivity contribution in [2.75, 3.05) is 26.1 Å². The smallest absolute Gasteiger partial charge is 0.294 e. The van der Waals surface area contributed by atoms with Gasteiger partial charge in [0.15, 0.2) is 11.5 Å². The summed E-state index contributed by atoms with van der Waals surface area (Å²) in [7, 11) is 3.07. The zero-order valence-corrected chi connectivity index (χ0v) is 18.6. The van der Waals surface area contributed by atoms with Gasteiger partial charge in [0.2, 0.25) is 5.91 Å². The van der Waals surface area contributed by atoms with Crippen LogP contribution in [0.3, 0.4) is 0 Å². The van der Waals surface area contributed by atoms with Crippen molar-refractivity contribution in [2.45, 2.75) is 0 Å². The number of anilines is 1. The number of hydrogen-bond donors (Lipinski definition) is 1. The molecule has 150 valence electrons. The van der Waals surface area contributed by atoms with E-state index in [1.807, 2.05) is 12.1 Å². The van der Waals surface area contributed by atoms with Gasteiger partial charge >= 0.3 is 0 Å². The first kappa shape index (κ1) is 21.2. The van der Waals surface area contributed by atoms with Crippen LogP contribution < -0.4 is 14.8 Å². The van der Waals surface area contributed by atoms with Gasteiger partial charge in [0.05, 0.1) is 22.7 Å². The summed E-state index contributed by atoms with van der Waals surface area (Å²) in [6.45, 7) is -0.347. The van der Waals surface area contributed by atoms with Crippen LogP contribution in [0.4, 0.5) is 10.5 Å². The number of para-hydroxylation sites is 1. The summed E-state index contributed by atoms with van der Waals surface area (Å²) >= 11 is 2.90. The van der Waals surface area contributed by atoms with Crippen LogP contribution in [-0.2, 0) is 9.59 Å². The predicted octanol–water partition coefficient (Wildman–Crippen LogP) is 3.98. The minimum atomic E-state index is -0.506. The van der Waals surface area contributed by atoms with Gasteiger partial charge < -0.3 is 14.8 Å². The van der Waals surface area contributed by atoms with Crippen LogP contribution in [0, 0.1) is 3.57 Å². The Balaban J connectivity index is 1.76. The molecule has 1 N–H and O–H groups in total. The van der Waals surface area contributed by atoms with Crippen LogP contribution in [0.15, 0.2) is 47.4 Å². The zero-order chi connectivity index (χ0) is 21.0. The highest BCUT2D eigenvalue weighted by Gasteiger charge is 2.36. The number of methoxy groups -OCH3 is 2. The number of benzene rings is 2. The highest BCUT2D eigenvalue weighted by molar-refractivity contribution is 14.1. The molecule has 2 aromatic carbocycles. The molecule has 9 heteroatoms. The van der Waals surface area contributed by atoms with Crippen LogP contribution in [0.2, 0.25) is 0 Å². The lowest BCUT2D eigenvalue weighted by Crippen LogP contribution is -2.36. The topological polar surface area (TPSA) is 84.9 Å². The molecular weight excluding hydrogens is 507 g/mol. The zero-order valence-electron chi connectivity index (χ0n) is 15.6. The number of thioether (sulfide) groups is 1. The number of ether oxygens (including phenoxy) is 2. The Morgan fingerprint density at radius 1 is 1.17 bits per heavy atom. The third-order valence-corrected chi connectivity index (χ3v) is 5.70. The quantitative estimate of drug-likeness (QED) is 0.455. The third kappa shape index (κ3) is 4.91. The predicted molar refractivity (Wildman–Crippen MR) is 120 cm³/mol. The maximum atomic E-state index is 12.6. The van der Waals surface area contributed by atoms with Crippen molar-refractivity contribution in [1.82, 2.24) is 4.90 Å². The molecule has 0 atom stereocenters. The number of carbonyl (C=O) groups excluding carboxylic acids is 3. The third-order valence-electron chi connectivity index (χ3n) is 3.99. The molecule has 2 aromatic rings. The Bertz CT molecular complexity index is 994. The minimum Gasteiger partial charge on any atom is -0.493 e. The molecule has 0 saturated carbocycles. The molecular formula is C20H17IN2O5S. The van der Waals surface area contributed by atoms with Crippen molar-refractivity contribution in [3.8, 4) is 11.5 Å². The van der Waals surface area contributed by atoms with Gasteiger partial charge in [-0.05, 0) is 70.3 Å². The minimum absolute atomic E-state index is 0.241. The fourth-order valence-corrected chi connectivity index (χ4v) is 4.36. The molecule has 0 bridgehead atoms. The molecule has 0 spiro atoms. The molecule has 0 unspecified atom stereocenters. The summed E-state index contributed by atoms with van der Waals surface area (Å²) in [5.41, 5.74) is 1.28. The summed E-state index contributed by atoms with van der Waals surface area (Å²) in [5.74, 6) is 0.163. The van der Waals surface area contributed by atoms with Crippen LogP contribution in [0.5, 0.6) is 11.5 Å². The van der Waals surface area contributed by atoms with Gasteiger partial charge in [-0.25, -0.2) is 0 Å². The maximum Gasteiger partial charge on any atom is 0.294 e. The highest BCUT2D eigenvalue weighted by atomic mass is 127. The van der Waals surface area contributed by atoms with Gasteiger partial charge in [-0.2, -0.15) is 0 Å². The summed E-state index contributed by atoms with van der Waals surface area (Å²) in [6, 6.07) is 12.4. The maximum absolute atomic E-state index is 12.6. The Kier molecular flexibility index (Phi) is 6.80. The number of hydrogen-bond acceptors (Lipinski definition) is 6. The molecule has 3 rings (SSSR count). The van der Waals surface area contributed by atoms with E-state index in [1.165, 1.54) is 7.11 Å². The summed E-state index contributed by atoms with van der Waals surface area (Å²) < 4.78 is 11.4. The van der Waals surface area contributed by atoms with Crippen molar-refractivity contribution in [3.63, 3.8) is 0 Å². The highest BCUT2D eigenvalue weighted by Crippen LogP contribution is 2.37. The Hall–Kier alpha value is -2.53. The van der Waals surface area contributed by atoms with Gasteiger partial charge in [-0.1, -0.05) is 18.2 Å². The Morgan fingerprint density at radius 3 is 2.55 bits per heavy atom.